The molecule has 1 atom stereocenters. The number of aromatic nitrogens is 1. The van der Waals surface area contributed by atoms with Crippen molar-refractivity contribution in [1.82, 2.24) is 10.1 Å². The van der Waals surface area contributed by atoms with Crippen molar-refractivity contribution in [3.63, 3.8) is 0 Å². The maximum atomic E-state index is 13.6. The largest absolute Gasteiger partial charge is 0.384 e. The molecule has 2 aliphatic heterocycles. The quantitative estimate of drug-likeness (QED) is 0.788. The van der Waals surface area contributed by atoms with Gasteiger partial charge in [-0.2, -0.15) is 0 Å². The molecule has 7 nitrogen and oxygen atoms in total. The van der Waals surface area contributed by atoms with Gasteiger partial charge in [-0.3, -0.25) is 4.79 Å². The van der Waals surface area contributed by atoms with E-state index >= 15 is 0 Å². The minimum absolute atomic E-state index is 0.0117. The number of methoxy groups -OCH3 is 1. The van der Waals surface area contributed by atoms with Gasteiger partial charge < -0.3 is 23.8 Å². The Labute approximate surface area is 165 Å². The van der Waals surface area contributed by atoms with Crippen LogP contribution in [0.4, 0.5) is 5.82 Å². The summed E-state index contributed by atoms with van der Waals surface area (Å²) >= 11 is 0. The highest BCUT2D eigenvalue weighted by Gasteiger charge is 2.33. The number of morpholine rings is 1. The molecule has 3 heterocycles. The van der Waals surface area contributed by atoms with Crippen LogP contribution in [0, 0.1) is 5.92 Å². The lowest BCUT2D eigenvalue weighted by Crippen LogP contribution is -2.42. The van der Waals surface area contributed by atoms with Gasteiger partial charge in [0.25, 0.3) is 5.91 Å². The third-order valence-corrected chi connectivity index (χ3v) is 5.44. The van der Waals surface area contributed by atoms with Gasteiger partial charge >= 0.3 is 0 Å². The summed E-state index contributed by atoms with van der Waals surface area (Å²) in [6, 6.07) is 9.73. The van der Waals surface area contributed by atoms with Crippen LogP contribution in [0.3, 0.4) is 0 Å². The molecule has 1 unspecified atom stereocenters. The number of hydrogen-bond acceptors (Lipinski definition) is 6. The molecule has 2 aliphatic rings. The summed E-state index contributed by atoms with van der Waals surface area (Å²) in [5.41, 5.74) is 1.43. The molecule has 0 radical (unpaired) electrons. The van der Waals surface area contributed by atoms with Crippen molar-refractivity contribution in [2.45, 2.75) is 12.8 Å². The summed E-state index contributed by atoms with van der Waals surface area (Å²) in [5, 5.41) is 4.31. The Bertz CT molecular complexity index is 784. The first kappa shape index (κ1) is 19.0. The number of rotatable bonds is 5. The van der Waals surface area contributed by atoms with Gasteiger partial charge in [-0.1, -0.05) is 35.5 Å². The number of piperidine rings is 1. The first-order valence-electron chi connectivity index (χ1n) is 9.94. The second-order valence-corrected chi connectivity index (χ2v) is 7.39. The molecule has 2 fully saturated rings. The van der Waals surface area contributed by atoms with Gasteiger partial charge in [0.05, 0.1) is 19.8 Å². The maximum absolute atomic E-state index is 13.6. The van der Waals surface area contributed by atoms with E-state index in [1.807, 2.05) is 35.2 Å². The number of carbonyl (C=O) groups excluding carboxylic acids is 1. The van der Waals surface area contributed by atoms with E-state index in [1.165, 1.54) is 0 Å². The number of benzene rings is 1. The Hall–Kier alpha value is -2.38. The third kappa shape index (κ3) is 3.91. The predicted molar refractivity (Wildman–Crippen MR) is 105 cm³/mol. The molecule has 2 saturated heterocycles. The first-order valence-corrected chi connectivity index (χ1v) is 9.94. The summed E-state index contributed by atoms with van der Waals surface area (Å²) in [7, 11) is 1.71. The SMILES string of the molecule is COCC1CCCN(C(=O)c2c(N3CCOCC3)noc2-c2ccccc2)C1. The second-order valence-electron chi connectivity index (χ2n) is 7.39. The van der Waals surface area contributed by atoms with Crippen molar-refractivity contribution in [1.29, 1.82) is 0 Å². The third-order valence-electron chi connectivity index (χ3n) is 5.44. The lowest BCUT2D eigenvalue weighted by molar-refractivity contribution is 0.0571. The fourth-order valence-corrected chi connectivity index (χ4v) is 4.03. The Morgan fingerprint density at radius 3 is 2.75 bits per heavy atom. The van der Waals surface area contributed by atoms with Gasteiger partial charge in [0.2, 0.25) is 0 Å². The van der Waals surface area contributed by atoms with Gasteiger partial charge in [0.1, 0.15) is 5.56 Å². The molecule has 1 aromatic carbocycles. The first-order chi connectivity index (χ1) is 13.8. The minimum Gasteiger partial charge on any atom is -0.384 e. The van der Waals surface area contributed by atoms with Crippen molar-refractivity contribution >= 4 is 11.7 Å². The van der Waals surface area contributed by atoms with Crippen LogP contribution in [0.1, 0.15) is 23.2 Å². The second kappa shape index (κ2) is 8.75. The monoisotopic (exact) mass is 385 g/mol. The van der Waals surface area contributed by atoms with E-state index in [0.29, 0.717) is 62.5 Å². The zero-order valence-electron chi connectivity index (χ0n) is 16.3. The molecule has 4 rings (SSSR count). The number of likely N-dealkylation sites (tertiary alicyclic amines) is 1. The van der Waals surface area contributed by atoms with Gasteiger partial charge in [0, 0.05) is 38.9 Å². The van der Waals surface area contributed by atoms with Crippen molar-refractivity contribution in [2.75, 3.05) is 58.0 Å². The lowest BCUT2D eigenvalue weighted by atomic mass is 9.97. The Morgan fingerprint density at radius 2 is 2.00 bits per heavy atom. The summed E-state index contributed by atoms with van der Waals surface area (Å²) in [6.45, 7) is 4.78. The molecule has 0 saturated carbocycles. The minimum atomic E-state index is -0.0117. The molecule has 0 spiro atoms. The van der Waals surface area contributed by atoms with Crippen molar-refractivity contribution in [3.05, 3.63) is 35.9 Å². The predicted octanol–water partition coefficient (Wildman–Crippen LogP) is 2.68. The van der Waals surface area contributed by atoms with Crippen LogP contribution in [0.25, 0.3) is 11.3 Å². The summed E-state index contributed by atoms with van der Waals surface area (Å²) in [5.74, 6) is 1.53. The van der Waals surface area contributed by atoms with E-state index in [-0.39, 0.29) is 5.91 Å². The van der Waals surface area contributed by atoms with Crippen LogP contribution in [-0.4, -0.2) is 69.1 Å². The molecular weight excluding hydrogens is 358 g/mol. The molecule has 0 bridgehead atoms. The molecule has 1 aromatic heterocycles. The van der Waals surface area contributed by atoms with E-state index in [2.05, 4.69) is 10.1 Å². The zero-order valence-corrected chi connectivity index (χ0v) is 16.3. The lowest BCUT2D eigenvalue weighted by Gasteiger charge is -2.33. The van der Waals surface area contributed by atoms with E-state index in [0.717, 1.165) is 24.9 Å². The van der Waals surface area contributed by atoms with Crippen LogP contribution in [-0.2, 0) is 9.47 Å². The number of anilines is 1. The molecule has 1 amide bonds. The topological polar surface area (TPSA) is 68.0 Å². The van der Waals surface area contributed by atoms with Crippen LogP contribution in [0.2, 0.25) is 0 Å². The van der Waals surface area contributed by atoms with Crippen LogP contribution >= 0.6 is 0 Å². The Balaban J connectivity index is 1.68. The fraction of sp³-hybridized carbons (Fsp3) is 0.524. The smallest absolute Gasteiger partial charge is 0.261 e. The molecule has 28 heavy (non-hydrogen) atoms. The van der Waals surface area contributed by atoms with Gasteiger partial charge in [-0.15, -0.1) is 0 Å². The zero-order chi connectivity index (χ0) is 19.3. The summed E-state index contributed by atoms with van der Waals surface area (Å²) < 4.78 is 16.5. The highest BCUT2D eigenvalue weighted by atomic mass is 16.5. The number of nitrogens with zero attached hydrogens (tertiary/aromatic N) is 3. The summed E-state index contributed by atoms with van der Waals surface area (Å²) in [6.07, 6.45) is 2.07. The fourth-order valence-electron chi connectivity index (χ4n) is 4.03. The summed E-state index contributed by atoms with van der Waals surface area (Å²) in [4.78, 5) is 17.6. The maximum Gasteiger partial charge on any atom is 0.261 e. The van der Waals surface area contributed by atoms with Crippen LogP contribution < -0.4 is 4.90 Å². The van der Waals surface area contributed by atoms with Gasteiger partial charge in [-0.25, -0.2) is 0 Å². The highest BCUT2D eigenvalue weighted by Crippen LogP contribution is 2.33. The molecular formula is C21H27N3O4. The number of ether oxygens (including phenoxy) is 2. The molecule has 7 heteroatoms. The number of hydrogen-bond donors (Lipinski definition) is 0. The van der Waals surface area contributed by atoms with Crippen LogP contribution in [0.15, 0.2) is 34.9 Å². The van der Waals surface area contributed by atoms with Gasteiger partial charge in [-0.05, 0) is 18.8 Å². The number of carbonyl (C=O) groups is 1. The van der Waals surface area contributed by atoms with Crippen molar-refractivity contribution < 1.29 is 18.8 Å². The number of amides is 1. The van der Waals surface area contributed by atoms with Crippen molar-refractivity contribution in [3.8, 4) is 11.3 Å². The molecule has 0 N–H and O–H groups in total. The standard InChI is InChI=1S/C21H27N3O4/c1-26-15-16-6-5-9-24(14-16)21(25)18-19(17-7-3-2-4-8-17)28-22-20(18)23-10-12-27-13-11-23/h2-4,7-8,16H,5-6,9-15H2,1H3. The van der Waals surface area contributed by atoms with E-state index in [1.54, 1.807) is 7.11 Å². The van der Waals surface area contributed by atoms with Crippen molar-refractivity contribution in [2.24, 2.45) is 5.92 Å². The average molecular weight is 385 g/mol. The van der Waals surface area contributed by atoms with E-state index in [4.69, 9.17) is 14.0 Å². The Kier molecular flexibility index (Phi) is 5.92. The van der Waals surface area contributed by atoms with E-state index in [9.17, 15) is 4.79 Å². The normalized spacial score (nSPS) is 20.4. The molecule has 150 valence electrons. The Morgan fingerprint density at radius 1 is 1.21 bits per heavy atom. The average Bonchev–Trinajstić information content (AvgIpc) is 3.20. The molecule has 0 aliphatic carbocycles. The highest BCUT2D eigenvalue weighted by molar-refractivity contribution is 6.04. The van der Waals surface area contributed by atoms with E-state index < -0.39 is 0 Å². The molecule has 2 aromatic rings. The van der Waals surface area contributed by atoms with Crippen LogP contribution in [0.5, 0.6) is 0 Å². The van der Waals surface area contributed by atoms with Gasteiger partial charge in [0.15, 0.2) is 11.6 Å².